The normalized spacial score (nSPS) is 18.3. The molecule has 0 atom stereocenters. The van der Waals surface area contributed by atoms with E-state index in [9.17, 15) is 13.2 Å². The minimum atomic E-state index is -3.61. The summed E-state index contributed by atoms with van der Waals surface area (Å²) in [6.45, 7) is 1.69. The fourth-order valence-electron chi connectivity index (χ4n) is 4.05. The highest BCUT2D eigenvalue weighted by atomic mass is 32.2. The Morgan fingerprint density at radius 3 is 2.60 bits per heavy atom. The van der Waals surface area contributed by atoms with Crippen LogP contribution >= 0.6 is 11.3 Å². The third-order valence-electron chi connectivity index (χ3n) is 5.72. The smallest absolute Gasteiger partial charge is 0.261 e. The standard InChI is InChI=1S/C22H28N2O4S2/c25-22(20-15-17-7-3-1-2-4-9-19(17)29-20)23-16-18-8-5-6-10-21(18)30(26,27)24-11-13-28-14-12-24/h5-6,8,10,15H,1-4,7,9,11-14,16H2,(H,23,25). The molecule has 8 heteroatoms. The quantitative estimate of drug-likeness (QED) is 0.761. The highest BCUT2D eigenvalue weighted by molar-refractivity contribution is 7.89. The van der Waals surface area contributed by atoms with E-state index >= 15 is 0 Å². The fourth-order valence-corrected chi connectivity index (χ4v) is 6.85. The van der Waals surface area contributed by atoms with E-state index < -0.39 is 10.0 Å². The maximum absolute atomic E-state index is 13.1. The molecule has 1 amide bonds. The summed E-state index contributed by atoms with van der Waals surface area (Å²) < 4.78 is 32.9. The highest BCUT2D eigenvalue weighted by Gasteiger charge is 2.28. The Labute approximate surface area is 182 Å². The van der Waals surface area contributed by atoms with Crippen LogP contribution in [0.15, 0.2) is 35.2 Å². The minimum Gasteiger partial charge on any atom is -0.379 e. The number of sulfonamides is 1. The van der Waals surface area contributed by atoms with Crippen molar-refractivity contribution in [2.75, 3.05) is 26.3 Å². The average Bonchev–Trinajstić information content (AvgIpc) is 3.15. The van der Waals surface area contributed by atoms with E-state index in [0.717, 1.165) is 17.7 Å². The summed E-state index contributed by atoms with van der Waals surface area (Å²) in [7, 11) is -3.61. The van der Waals surface area contributed by atoms with Gasteiger partial charge in [-0.15, -0.1) is 11.3 Å². The third kappa shape index (κ3) is 4.77. The predicted octanol–water partition coefficient (Wildman–Crippen LogP) is 3.36. The number of hydrogen-bond acceptors (Lipinski definition) is 5. The fraction of sp³-hybridized carbons (Fsp3) is 0.500. The number of benzene rings is 1. The summed E-state index contributed by atoms with van der Waals surface area (Å²) in [6.07, 6.45) is 6.96. The average molecular weight is 449 g/mol. The minimum absolute atomic E-state index is 0.134. The van der Waals surface area contributed by atoms with Gasteiger partial charge in [0.1, 0.15) is 0 Å². The molecule has 30 heavy (non-hydrogen) atoms. The van der Waals surface area contributed by atoms with Gasteiger partial charge in [0.05, 0.1) is 23.0 Å². The SMILES string of the molecule is O=C(NCc1ccccc1S(=O)(=O)N1CCOCC1)c1cc2c(s1)CCCCCC2. The van der Waals surface area contributed by atoms with Crippen LogP contribution < -0.4 is 5.32 Å². The first kappa shape index (κ1) is 21.5. The zero-order valence-corrected chi connectivity index (χ0v) is 18.7. The van der Waals surface area contributed by atoms with Gasteiger partial charge in [-0.1, -0.05) is 31.0 Å². The van der Waals surface area contributed by atoms with Crippen molar-refractivity contribution < 1.29 is 17.9 Å². The Kier molecular flexibility index (Phi) is 6.87. The van der Waals surface area contributed by atoms with Gasteiger partial charge in [-0.25, -0.2) is 8.42 Å². The molecule has 1 aromatic carbocycles. The topological polar surface area (TPSA) is 75.7 Å². The van der Waals surface area contributed by atoms with Gasteiger partial charge in [0.25, 0.3) is 5.91 Å². The molecule has 1 fully saturated rings. The van der Waals surface area contributed by atoms with Crippen LogP contribution in [0.5, 0.6) is 0 Å². The second-order valence-electron chi connectivity index (χ2n) is 7.78. The number of carbonyl (C=O) groups is 1. The zero-order valence-electron chi connectivity index (χ0n) is 17.1. The van der Waals surface area contributed by atoms with Gasteiger partial charge < -0.3 is 10.1 Å². The van der Waals surface area contributed by atoms with Crippen molar-refractivity contribution in [3.8, 4) is 0 Å². The maximum Gasteiger partial charge on any atom is 0.261 e. The van der Waals surface area contributed by atoms with Crippen molar-refractivity contribution in [1.29, 1.82) is 0 Å². The number of aryl methyl sites for hydroxylation is 2. The number of ether oxygens (including phenoxy) is 1. The molecular weight excluding hydrogens is 420 g/mol. The summed E-state index contributed by atoms with van der Waals surface area (Å²) in [4.78, 5) is 15.1. The second-order valence-corrected chi connectivity index (χ2v) is 10.8. The van der Waals surface area contributed by atoms with Gasteiger partial charge in [-0.3, -0.25) is 4.79 Å². The van der Waals surface area contributed by atoms with Gasteiger partial charge in [0.2, 0.25) is 10.0 Å². The first-order valence-electron chi connectivity index (χ1n) is 10.6. The van der Waals surface area contributed by atoms with Crippen molar-refractivity contribution >= 4 is 27.3 Å². The summed E-state index contributed by atoms with van der Waals surface area (Å²) in [5, 5.41) is 2.93. The Bertz CT molecular complexity index is 969. The number of morpholine rings is 1. The van der Waals surface area contributed by atoms with Crippen molar-refractivity contribution in [2.45, 2.75) is 50.0 Å². The second kappa shape index (κ2) is 9.60. The molecule has 0 spiro atoms. The van der Waals surface area contributed by atoms with E-state index in [1.807, 2.05) is 6.07 Å². The van der Waals surface area contributed by atoms with Gasteiger partial charge in [0, 0.05) is 24.5 Å². The van der Waals surface area contributed by atoms with Crippen LogP contribution in [0, 0.1) is 0 Å². The molecule has 1 N–H and O–H groups in total. The number of thiophene rings is 1. The summed E-state index contributed by atoms with van der Waals surface area (Å²) in [5.41, 5.74) is 1.91. The molecule has 2 aliphatic rings. The van der Waals surface area contributed by atoms with E-state index in [1.54, 1.807) is 35.6 Å². The number of fused-ring (bicyclic) bond motifs is 1. The van der Waals surface area contributed by atoms with Gasteiger partial charge in [-0.05, 0) is 48.9 Å². The number of nitrogens with one attached hydrogen (secondary N) is 1. The molecule has 0 bridgehead atoms. The Morgan fingerprint density at radius 2 is 1.80 bits per heavy atom. The first-order chi connectivity index (χ1) is 14.6. The molecular formula is C22H28N2O4S2. The number of hydrogen-bond donors (Lipinski definition) is 1. The molecule has 1 aliphatic carbocycles. The lowest BCUT2D eigenvalue weighted by Crippen LogP contribution is -2.41. The summed E-state index contributed by atoms with van der Waals surface area (Å²) >= 11 is 1.58. The molecule has 162 valence electrons. The molecule has 2 heterocycles. The lowest BCUT2D eigenvalue weighted by Gasteiger charge is -2.27. The van der Waals surface area contributed by atoms with E-state index in [-0.39, 0.29) is 17.3 Å². The van der Waals surface area contributed by atoms with Gasteiger partial charge in [-0.2, -0.15) is 4.31 Å². The lowest BCUT2D eigenvalue weighted by atomic mass is 10.00. The maximum atomic E-state index is 13.1. The monoisotopic (exact) mass is 448 g/mol. The first-order valence-corrected chi connectivity index (χ1v) is 12.9. The van der Waals surface area contributed by atoms with Crippen LogP contribution in [0.1, 0.15) is 51.4 Å². The van der Waals surface area contributed by atoms with Gasteiger partial charge >= 0.3 is 0 Å². The Balaban J connectivity index is 1.48. The van der Waals surface area contributed by atoms with E-state index in [4.69, 9.17) is 4.74 Å². The third-order valence-corrected chi connectivity index (χ3v) is 8.96. The van der Waals surface area contributed by atoms with Crippen molar-refractivity contribution in [3.63, 3.8) is 0 Å². The van der Waals surface area contributed by atoms with Gasteiger partial charge in [0.15, 0.2) is 0 Å². The van der Waals surface area contributed by atoms with Crippen LogP contribution in [0.2, 0.25) is 0 Å². The molecule has 0 radical (unpaired) electrons. The van der Waals surface area contributed by atoms with Crippen LogP contribution in [-0.4, -0.2) is 44.9 Å². The molecule has 4 rings (SSSR count). The van der Waals surface area contributed by atoms with Crippen molar-refractivity contribution in [2.24, 2.45) is 0 Å². The Hall–Kier alpha value is -1.74. The van der Waals surface area contributed by atoms with Crippen LogP contribution in [0.3, 0.4) is 0 Å². The number of amides is 1. The van der Waals surface area contributed by atoms with Crippen LogP contribution in [0.4, 0.5) is 0 Å². The number of carbonyl (C=O) groups excluding carboxylic acids is 1. The highest BCUT2D eigenvalue weighted by Crippen LogP contribution is 2.28. The van der Waals surface area contributed by atoms with Crippen LogP contribution in [-0.2, 0) is 34.1 Å². The van der Waals surface area contributed by atoms with E-state index in [2.05, 4.69) is 5.32 Å². The molecule has 2 aromatic rings. The molecule has 1 saturated heterocycles. The zero-order chi connectivity index (χ0) is 21.0. The number of nitrogens with zero attached hydrogens (tertiary/aromatic N) is 1. The van der Waals surface area contributed by atoms with E-state index in [0.29, 0.717) is 31.9 Å². The predicted molar refractivity (Wildman–Crippen MR) is 117 cm³/mol. The lowest BCUT2D eigenvalue weighted by molar-refractivity contribution is 0.0730. The largest absolute Gasteiger partial charge is 0.379 e. The van der Waals surface area contributed by atoms with Crippen molar-refractivity contribution in [1.82, 2.24) is 9.62 Å². The summed E-state index contributed by atoms with van der Waals surface area (Å²) in [5.74, 6) is -0.134. The van der Waals surface area contributed by atoms with Crippen LogP contribution in [0.25, 0.3) is 0 Å². The molecule has 1 aromatic heterocycles. The Morgan fingerprint density at radius 1 is 1.07 bits per heavy atom. The molecule has 1 aliphatic heterocycles. The molecule has 0 unspecified atom stereocenters. The number of rotatable bonds is 5. The molecule has 0 saturated carbocycles. The summed E-state index contributed by atoms with van der Waals surface area (Å²) in [6, 6.07) is 8.93. The van der Waals surface area contributed by atoms with Crippen molar-refractivity contribution in [3.05, 3.63) is 51.2 Å². The molecule has 6 nitrogen and oxygen atoms in total. The van der Waals surface area contributed by atoms with E-state index in [1.165, 1.54) is 40.4 Å².